The van der Waals surface area contributed by atoms with Gasteiger partial charge in [0.2, 0.25) is 0 Å². The molecule has 2 aromatic heterocycles. The SMILES string of the molecule is Brc1ccc2[nH]nc(-c3cnccn3)c2c1. The molecule has 0 amide bonds. The van der Waals surface area contributed by atoms with E-state index in [1.54, 1.807) is 18.6 Å². The van der Waals surface area contributed by atoms with Crippen LogP contribution in [0.4, 0.5) is 0 Å². The zero-order valence-corrected chi connectivity index (χ0v) is 9.77. The fourth-order valence-corrected chi connectivity index (χ4v) is 1.96. The van der Waals surface area contributed by atoms with Crippen LogP contribution in [0.1, 0.15) is 0 Å². The predicted octanol–water partition coefficient (Wildman–Crippen LogP) is 2.78. The zero-order chi connectivity index (χ0) is 11.0. The summed E-state index contributed by atoms with van der Waals surface area (Å²) in [5, 5.41) is 8.27. The third-order valence-corrected chi connectivity index (χ3v) is 2.82. The van der Waals surface area contributed by atoms with Crippen molar-refractivity contribution in [2.24, 2.45) is 0 Å². The molecule has 3 aromatic rings. The Morgan fingerprint density at radius 2 is 2.12 bits per heavy atom. The van der Waals surface area contributed by atoms with E-state index in [0.717, 1.165) is 26.8 Å². The van der Waals surface area contributed by atoms with E-state index in [2.05, 4.69) is 36.1 Å². The number of fused-ring (bicyclic) bond motifs is 1. The Morgan fingerprint density at radius 3 is 2.94 bits per heavy atom. The first kappa shape index (κ1) is 9.47. The van der Waals surface area contributed by atoms with Crippen LogP contribution in [-0.4, -0.2) is 20.2 Å². The van der Waals surface area contributed by atoms with Gasteiger partial charge in [-0.05, 0) is 18.2 Å². The van der Waals surface area contributed by atoms with Crippen molar-refractivity contribution in [2.75, 3.05) is 0 Å². The zero-order valence-electron chi connectivity index (χ0n) is 8.18. The number of nitrogens with one attached hydrogen (secondary N) is 1. The van der Waals surface area contributed by atoms with Gasteiger partial charge in [-0.3, -0.25) is 15.1 Å². The first-order valence-electron chi connectivity index (χ1n) is 4.74. The quantitative estimate of drug-likeness (QED) is 0.743. The van der Waals surface area contributed by atoms with Gasteiger partial charge in [0.15, 0.2) is 0 Å². The van der Waals surface area contributed by atoms with E-state index < -0.39 is 0 Å². The monoisotopic (exact) mass is 274 g/mol. The molecule has 16 heavy (non-hydrogen) atoms. The highest BCUT2D eigenvalue weighted by Gasteiger charge is 2.09. The Labute approximate surface area is 99.9 Å². The molecule has 1 aromatic carbocycles. The highest BCUT2D eigenvalue weighted by atomic mass is 79.9. The number of nitrogens with zero attached hydrogens (tertiary/aromatic N) is 3. The number of benzene rings is 1. The van der Waals surface area contributed by atoms with Gasteiger partial charge in [0.05, 0.1) is 11.7 Å². The maximum Gasteiger partial charge on any atom is 0.120 e. The second-order valence-electron chi connectivity index (χ2n) is 3.35. The van der Waals surface area contributed by atoms with Crippen molar-refractivity contribution >= 4 is 26.8 Å². The summed E-state index contributed by atoms with van der Waals surface area (Å²) in [6.45, 7) is 0. The number of halogens is 1. The van der Waals surface area contributed by atoms with E-state index >= 15 is 0 Å². The smallest absolute Gasteiger partial charge is 0.120 e. The Morgan fingerprint density at radius 1 is 1.19 bits per heavy atom. The van der Waals surface area contributed by atoms with Crippen LogP contribution in [0.25, 0.3) is 22.3 Å². The van der Waals surface area contributed by atoms with Gasteiger partial charge in [0.25, 0.3) is 0 Å². The van der Waals surface area contributed by atoms with E-state index in [1.165, 1.54) is 0 Å². The molecule has 0 aliphatic carbocycles. The van der Waals surface area contributed by atoms with Gasteiger partial charge in [-0.25, -0.2) is 0 Å². The summed E-state index contributed by atoms with van der Waals surface area (Å²) in [5.74, 6) is 0. The molecule has 0 fully saturated rings. The van der Waals surface area contributed by atoms with Gasteiger partial charge in [-0.15, -0.1) is 0 Å². The molecular weight excluding hydrogens is 268 g/mol. The molecule has 0 saturated heterocycles. The average Bonchev–Trinajstić information content (AvgIpc) is 2.73. The lowest BCUT2D eigenvalue weighted by atomic mass is 10.2. The van der Waals surface area contributed by atoms with E-state index in [-0.39, 0.29) is 0 Å². The van der Waals surface area contributed by atoms with Crippen LogP contribution in [0.15, 0.2) is 41.3 Å². The standard InChI is InChI=1S/C11H7BrN4/c12-7-1-2-9-8(5-7)11(16-15-9)10-6-13-3-4-14-10/h1-6H,(H,15,16). The summed E-state index contributed by atoms with van der Waals surface area (Å²) in [5.41, 5.74) is 2.58. The molecule has 0 bridgehead atoms. The lowest BCUT2D eigenvalue weighted by molar-refractivity contribution is 1.10. The third kappa shape index (κ3) is 1.49. The molecule has 4 nitrogen and oxygen atoms in total. The molecule has 78 valence electrons. The third-order valence-electron chi connectivity index (χ3n) is 2.33. The predicted molar refractivity (Wildman–Crippen MR) is 64.8 cm³/mol. The Hall–Kier alpha value is -1.75. The molecule has 2 heterocycles. The van der Waals surface area contributed by atoms with Crippen molar-refractivity contribution in [3.8, 4) is 11.4 Å². The molecule has 0 radical (unpaired) electrons. The highest BCUT2D eigenvalue weighted by molar-refractivity contribution is 9.10. The summed E-state index contributed by atoms with van der Waals surface area (Å²) in [6, 6.07) is 5.97. The summed E-state index contributed by atoms with van der Waals surface area (Å²) in [4.78, 5) is 8.28. The van der Waals surface area contributed by atoms with E-state index in [9.17, 15) is 0 Å². The topological polar surface area (TPSA) is 54.5 Å². The second-order valence-corrected chi connectivity index (χ2v) is 4.27. The lowest BCUT2D eigenvalue weighted by Crippen LogP contribution is -1.84. The maximum absolute atomic E-state index is 4.26. The number of hydrogen-bond acceptors (Lipinski definition) is 3. The molecule has 0 spiro atoms. The Kier molecular flexibility index (Phi) is 2.18. The minimum Gasteiger partial charge on any atom is -0.277 e. The number of hydrogen-bond donors (Lipinski definition) is 1. The van der Waals surface area contributed by atoms with Crippen molar-refractivity contribution in [2.45, 2.75) is 0 Å². The summed E-state index contributed by atoms with van der Waals surface area (Å²) in [6.07, 6.45) is 5.01. The molecule has 3 rings (SSSR count). The van der Waals surface area contributed by atoms with Crippen molar-refractivity contribution < 1.29 is 0 Å². The molecule has 1 N–H and O–H groups in total. The van der Waals surface area contributed by atoms with Crippen LogP contribution < -0.4 is 0 Å². The number of aromatic nitrogens is 4. The molecule has 0 saturated carbocycles. The number of H-pyrrole nitrogens is 1. The van der Waals surface area contributed by atoms with Crippen LogP contribution in [-0.2, 0) is 0 Å². The summed E-state index contributed by atoms with van der Waals surface area (Å²) < 4.78 is 1.02. The Bertz CT molecular complexity index is 633. The van der Waals surface area contributed by atoms with Crippen LogP contribution in [0.2, 0.25) is 0 Å². The first-order chi connectivity index (χ1) is 7.84. The molecule has 0 aliphatic rings. The Balaban J connectivity index is 2.29. The lowest BCUT2D eigenvalue weighted by Gasteiger charge is -1.95. The van der Waals surface area contributed by atoms with Crippen LogP contribution >= 0.6 is 15.9 Å². The van der Waals surface area contributed by atoms with Crippen molar-refractivity contribution in [1.82, 2.24) is 20.2 Å². The van der Waals surface area contributed by atoms with Gasteiger partial charge in [0, 0.05) is 22.3 Å². The number of rotatable bonds is 1. The average molecular weight is 275 g/mol. The number of aromatic amines is 1. The van der Waals surface area contributed by atoms with Gasteiger partial charge < -0.3 is 0 Å². The molecule has 0 unspecified atom stereocenters. The van der Waals surface area contributed by atoms with Crippen LogP contribution in [0.3, 0.4) is 0 Å². The minimum atomic E-state index is 0.770. The van der Waals surface area contributed by atoms with Crippen molar-refractivity contribution in [3.05, 3.63) is 41.3 Å². The minimum absolute atomic E-state index is 0.770. The largest absolute Gasteiger partial charge is 0.277 e. The van der Waals surface area contributed by atoms with E-state index in [4.69, 9.17) is 0 Å². The first-order valence-corrected chi connectivity index (χ1v) is 5.54. The van der Waals surface area contributed by atoms with E-state index in [1.807, 2.05) is 18.2 Å². The van der Waals surface area contributed by atoms with Gasteiger partial charge in [-0.1, -0.05) is 15.9 Å². The van der Waals surface area contributed by atoms with Gasteiger partial charge >= 0.3 is 0 Å². The maximum atomic E-state index is 4.26. The van der Waals surface area contributed by atoms with E-state index in [0.29, 0.717) is 0 Å². The normalized spacial score (nSPS) is 10.8. The molecule has 0 atom stereocenters. The molecule has 0 aliphatic heterocycles. The highest BCUT2D eigenvalue weighted by Crippen LogP contribution is 2.26. The molecular formula is C11H7BrN4. The fraction of sp³-hybridized carbons (Fsp3) is 0. The van der Waals surface area contributed by atoms with Gasteiger partial charge in [0.1, 0.15) is 11.4 Å². The van der Waals surface area contributed by atoms with Gasteiger partial charge in [-0.2, -0.15) is 5.10 Å². The van der Waals surface area contributed by atoms with Crippen LogP contribution in [0.5, 0.6) is 0 Å². The summed E-state index contributed by atoms with van der Waals surface area (Å²) in [7, 11) is 0. The van der Waals surface area contributed by atoms with Crippen LogP contribution in [0, 0.1) is 0 Å². The van der Waals surface area contributed by atoms with Crippen molar-refractivity contribution in [1.29, 1.82) is 0 Å². The molecule has 5 heteroatoms. The second kappa shape index (κ2) is 3.68. The van der Waals surface area contributed by atoms with Crippen molar-refractivity contribution in [3.63, 3.8) is 0 Å². The summed E-state index contributed by atoms with van der Waals surface area (Å²) >= 11 is 3.45. The fourth-order valence-electron chi connectivity index (χ4n) is 1.60.